The highest BCUT2D eigenvalue weighted by Crippen LogP contribution is 2.31. The zero-order valence-corrected chi connectivity index (χ0v) is 19.0. The maximum absolute atomic E-state index is 11.9. The number of carbonyl (C=O) groups is 1. The van der Waals surface area contributed by atoms with E-state index in [4.69, 9.17) is 4.74 Å². The lowest BCUT2D eigenvalue weighted by Crippen LogP contribution is -2.50. The SMILES string of the molecule is Cc1c(C#N)ccnc1-n1cc(CN2C[C@@H](c3ccc4c(c3C)COC4=O)N[C@@H](C)C2)cn1. The van der Waals surface area contributed by atoms with E-state index in [1.807, 2.05) is 25.4 Å². The first-order valence-electron chi connectivity index (χ1n) is 11.1. The summed E-state index contributed by atoms with van der Waals surface area (Å²) < 4.78 is 6.97. The molecular formula is C25H26N6O2. The molecule has 168 valence electrons. The number of benzene rings is 1. The number of cyclic esters (lactones) is 1. The molecule has 2 aliphatic heterocycles. The number of piperazine rings is 1. The lowest BCUT2D eigenvalue weighted by Gasteiger charge is -2.38. The Morgan fingerprint density at radius 2 is 2.09 bits per heavy atom. The van der Waals surface area contributed by atoms with E-state index in [1.54, 1.807) is 16.9 Å². The van der Waals surface area contributed by atoms with Crippen molar-refractivity contribution in [2.45, 2.75) is 46.0 Å². The quantitative estimate of drug-likeness (QED) is 0.621. The summed E-state index contributed by atoms with van der Waals surface area (Å²) in [6.07, 6.45) is 5.50. The minimum Gasteiger partial charge on any atom is -0.457 e. The van der Waals surface area contributed by atoms with Crippen LogP contribution in [0.2, 0.25) is 0 Å². The van der Waals surface area contributed by atoms with Crippen LogP contribution in [0.4, 0.5) is 0 Å². The largest absolute Gasteiger partial charge is 0.457 e. The van der Waals surface area contributed by atoms with Gasteiger partial charge in [0.05, 0.1) is 23.4 Å². The van der Waals surface area contributed by atoms with Gasteiger partial charge in [0.1, 0.15) is 6.61 Å². The third-order valence-electron chi connectivity index (χ3n) is 6.60. The Balaban J connectivity index is 1.35. The molecular weight excluding hydrogens is 416 g/mol. The van der Waals surface area contributed by atoms with Crippen molar-refractivity contribution < 1.29 is 9.53 Å². The summed E-state index contributed by atoms with van der Waals surface area (Å²) >= 11 is 0. The van der Waals surface area contributed by atoms with Crippen LogP contribution in [0.25, 0.3) is 5.82 Å². The van der Waals surface area contributed by atoms with E-state index in [0.717, 1.165) is 41.9 Å². The van der Waals surface area contributed by atoms with Crippen LogP contribution < -0.4 is 5.32 Å². The van der Waals surface area contributed by atoms with E-state index in [2.05, 4.69) is 46.3 Å². The molecule has 8 heteroatoms. The Hall–Kier alpha value is -3.54. The van der Waals surface area contributed by atoms with Crippen molar-refractivity contribution in [3.05, 3.63) is 75.7 Å². The Labute approximate surface area is 192 Å². The molecule has 1 N–H and O–H groups in total. The number of rotatable bonds is 4. The summed E-state index contributed by atoms with van der Waals surface area (Å²) in [7, 11) is 0. The van der Waals surface area contributed by atoms with Gasteiger partial charge >= 0.3 is 5.97 Å². The second-order valence-corrected chi connectivity index (χ2v) is 8.91. The van der Waals surface area contributed by atoms with E-state index in [-0.39, 0.29) is 12.0 Å². The van der Waals surface area contributed by atoms with Gasteiger partial charge in [0.25, 0.3) is 0 Å². The topological polar surface area (TPSA) is 96.1 Å². The average Bonchev–Trinajstić information content (AvgIpc) is 3.41. The predicted octanol–water partition coefficient (Wildman–Crippen LogP) is 2.96. The van der Waals surface area contributed by atoms with Crippen molar-refractivity contribution in [1.82, 2.24) is 25.0 Å². The van der Waals surface area contributed by atoms with Crippen molar-refractivity contribution in [3.63, 3.8) is 0 Å². The van der Waals surface area contributed by atoms with E-state index in [1.165, 1.54) is 5.56 Å². The number of aromatic nitrogens is 3. The predicted molar refractivity (Wildman–Crippen MR) is 122 cm³/mol. The number of hydrogen-bond acceptors (Lipinski definition) is 7. The van der Waals surface area contributed by atoms with E-state index < -0.39 is 0 Å². The van der Waals surface area contributed by atoms with E-state index >= 15 is 0 Å². The van der Waals surface area contributed by atoms with Gasteiger partial charge in [-0.25, -0.2) is 14.5 Å². The summed E-state index contributed by atoms with van der Waals surface area (Å²) in [5.74, 6) is 0.450. The molecule has 0 unspecified atom stereocenters. The molecule has 0 amide bonds. The van der Waals surface area contributed by atoms with E-state index in [0.29, 0.717) is 29.6 Å². The minimum atomic E-state index is -0.228. The van der Waals surface area contributed by atoms with Crippen LogP contribution in [-0.2, 0) is 17.9 Å². The number of nitrogens with one attached hydrogen (secondary N) is 1. The molecule has 1 saturated heterocycles. The molecule has 5 rings (SSSR count). The standard InChI is InChI=1S/C25H26N6O2/c1-15-10-30(11-18-9-28-31(12-18)24-16(2)19(8-26)6-7-27-24)13-23(29-15)20-4-5-21-22(17(20)3)14-33-25(21)32/h4-7,9,12,15,23,29H,10-11,13-14H2,1-3H3/t15-,23-/m0/s1. The Bertz CT molecular complexity index is 1270. The Morgan fingerprint density at radius 1 is 1.24 bits per heavy atom. The Morgan fingerprint density at radius 3 is 2.91 bits per heavy atom. The fourth-order valence-electron chi connectivity index (χ4n) is 4.92. The van der Waals surface area contributed by atoms with Crippen molar-refractivity contribution >= 4 is 5.97 Å². The summed E-state index contributed by atoms with van der Waals surface area (Å²) in [4.78, 5) is 18.7. The maximum Gasteiger partial charge on any atom is 0.338 e. The number of esters is 1. The molecule has 33 heavy (non-hydrogen) atoms. The second-order valence-electron chi connectivity index (χ2n) is 8.91. The first kappa shape index (κ1) is 21.3. The third-order valence-corrected chi connectivity index (χ3v) is 6.60. The molecule has 0 aliphatic carbocycles. The normalized spacial score (nSPS) is 20.4. The summed E-state index contributed by atoms with van der Waals surface area (Å²) in [5.41, 5.74) is 6.56. The molecule has 2 atom stereocenters. The lowest BCUT2D eigenvalue weighted by atomic mass is 9.92. The first-order chi connectivity index (χ1) is 15.9. The van der Waals surface area contributed by atoms with Gasteiger partial charge in [-0.05, 0) is 44.0 Å². The van der Waals surface area contributed by atoms with Crippen LogP contribution in [0.3, 0.4) is 0 Å². The van der Waals surface area contributed by atoms with Gasteiger partial charge in [0.15, 0.2) is 5.82 Å². The summed E-state index contributed by atoms with van der Waals surface area (Å²) in [5, 5.41) is 17.5. The molecule has 0 saturated carbocycles. The van der Waals surface area contributed by atoms with Gasteiger partial charge in [-0.2, -0.15) is 10.4 Å². The molecule has 1 aromatic carbocycles. The van der Waals surface area contributed by atoms with Gasteiger partial charge in [-0.15, -0.1) is 0 Å². The average molecular weight is 443 g/mol. The number of pyridine rings is 1. The van der Waals surface area contributed by atoms with Crippen molar-refractivity contribution in [2.75, 3.05) is 13.1 Å². The Kier molecular flexibility index (Phi) is 5.44. The fraction of sp³-hybridized carbons (Fsp3) is 0.360. The lowest BCUT2D eigenvalue weighted by molar-refractivity contribution is 0.0535. The highest BCUT2D eigenvalue weighted by Gasteiger charge is 2.30. The number of nitriles is 1. The van der Waals surface area contributed by atoms with Crippen LogP contribution in [0.1, 0.15) is 56.7 Å². The molecule has 0 bridgehead atoms. The molecule has 0 radical (unpaired) electrons. The molecule has 8 nitrogen and oxygen atoms in total. The number of ether oxygens (including phenoxy) is 1. The summed E-state index contributed by atoms with van der Waals surface area (Å²) in [6.45, 7) is 9.07. The summed E-state index contributed by atoms with van der Waals surface area (Å²) in [6, 6.07) is 8.36. The maximum atomic E-state index is 11.9. The van der Waals surface area contributed by atoms with E-state index in [9.17, 15) is 10.1 Å². The number of nitrogens with zero attached hydrogens (tertiary/aromatic N) is 5. The van der Waals surface area contributed by atoms with Gasteiger partial charge in [0.2, 0.25) is 0 Å². The van der Waals surface area contributed by atoms with Crippen LogP contribution in [0, 0.1) is 25.2 Å². The van der Waals surface area contributed by atoms with Crippen molar-refractivity contribution in [3.8, 4) is 11.9 Å². The van der Waals surface area contributed by atoms with Gasteiger partial charge in [-0.3, -0.25) is 4.90 Å². The van der Waals surface area contributed by atoms with Crippen LogP contribution in [-0.4, -0.2) is 44.8 Å². The number of hydrogen-bond donors (Lipinski definition) is 1. The molecule has 0 spiro atoms. The highest BCUT2D eigenvalue weighted by atomic mass is 16.5. The molecule has 2 aliphatic rings. The molecule has 4 heterocycles. The smallest absolute Gasteiger partial charge is 0.338 e. The molecule has 3 aromatic rings. The zero-order chi connectivity index (χ0) is 23.1. The minimum absolute atomic E-state index is 0.168. The van der Waals surface area contributed by atoms with Gasteiger partial charge in [0, 0.05) is 60.8 Å². The fourth-order valence-corrected chi connectivity index (χ4v) is 4.92. The zero-order valence-electron chi connectivity index (χ0n) is 19.0. The second kappa shape index (κ2) is 8.43. The molecule has 2 aromatic heterocycles. The molecule has 1 fully saturated rings. The highest BCUT2D eigenvalue weighted by molar-refractivity contribution is 5.94. The van der Waals surface area contributed by atoms with Crippen LogP contribution in [0.15, 0.2) is 36.8 Å². The van der Waals surface area contributed by atoms with Crippen LogP contribution in [0.5, 0.6) is 0 Å². The van der Waals surface area contributed by atoms with Crippen molar-refractivity contribution in [1.29, 1.82) is 5.26 Å². The first-order valence-corrected chi connectivity index (χ1v) is 11.1. The van der Waals surface area contributed by atoms with Crippen LogP contribution >= 0.6 is 0 Å². The van der Waals surface area contributed by atoms with Gasteiger partial charge in [-0.1, -0.05) is 6.07 Å². The number of carbonyl (C=O) groups excluding carboxylic acids is 1. The monoisotopic (exact) mass is 442 g/mol. The third kappa shape index (κ3) is 3.90. The number of fused-ring (bicyclic) bond motifs is 1. The van der Waals surface area contributed by atoms with Crippen molar-refractivity contribution in [2.24, 2.45) is 0 Å². The van der Waals surface area contributed by atoms with Gasteiger partial charge < -0.3 is 10.1 Å².